The number of aliphatic hydroxyl groups excluding tert-OH is 1. The van der Waals surface area contributed by atoms with Crippen LogP contribution in [-0.2, 0) is 10.2 Å². The van der Waals surface area contributed by atoms with Crippen LogP contribution in [0.25, 0.3) is 5.69 Å². The molecule has 5 aliphatic rings. The third kappa shape index (κ3) is 5.85. The number of methoxy groups -OCH3 is 1. The zero-order valence-corrected chi connectivity index (χ0v) is 28.0. The number of carbonyl (C=O) groups excluding carboxylic acids is 1. The van der Waals surface area contributed by atoms with Crippen molar-refractivity contribution in [3.8, 4) is 11.4 Å². The molecule has 1 aromatic carbocycles. The molecule has 0 radical (unpaired) electrons. The molecule has 1 aliphatic heterocycles. The highest BCUT2D eigenvalue weighted by Gasteiger charge is 2.51. The molecule has 8 rings (SSSR count). The van der Waals surface area contributed by atoms with Crippen LogP contribution in [0.4, 0.5) is 5.82 Å². The first-order valence-electron chi connectivity index (χ1n) is 17.4. The summed E-state index contributed by atoms with van der Waals surface area (Å²) in [4.78, 5) is 28.3. The number of pyridine rings is 1. The van der Waals surface area contributed by atoms with Gasteiger partial charge in [0.25, 0.3) is 0 Å². The quantitative estimate of drug-likeness (QED) is 0.313. The molecule has 246 valence electrons. The summed E-state index contributed by atoms with van der Waals surface area (Å²) in [5, 5.41) is 14.5. The summed E-state index contributed by atoms with van der Waals surface area (Å²) in [6, 6.07) is 11.2. The molecule has 3 heterocycles. The largest absolute Gasteiger partial charge is 0.496 e. The van der Waals surface area contributed by atoms with Gasteiger partial charge in [-0.3, -0.25) is 14.6 Å². The first-order valence-corrected chi connectivity index (χ1v) is 17.4. The number of β-amino-alcohol motifs (C(OH)–C–C–N with tert-alkyl or cyclic N) is 1. The van der Waals surface area contributed by atoms with E-state index in [0.717, 1.165) is 100 Å². The Kier molecular flexibility index (Phi) is 8.42. The highest BCUT2D eigenvalue weighted by Crippen LogP contribution is 2.58. The Balaban J connectivity index is 1.13. The minimum Gasteiger partial charge on any atom is -0.496 e. The SMILES string of the molecule is COc1ccc(C23CCC(CN(C(=O)C4CCC(N5CC(O)C5)CC4)c4cc(-n5cnc(C(C)C)n5)ccn4)(CC2)CC3)cc1C. The summed E-state index contributed by atoms with van der Waals surface area (Å²) >= 11 is 0. The lowest BCUT2D eigenvalue weighted by Gasteiger charge is -2.55. The fourth-order valence-electron chi connectivity index (χ4n) is 8.81. The number of amides is 1. The third-order valence-electron chi connectivity index (χ3n) is 11.9. The molecule has 5 fully saturated rings. The summed E-state index contributed by atoms with van der Waals surface area (Å²) in [5.74, 6) is 2.93. The van der Waals surface area contributed by atoms with Gasteiger partial charge in [0.15, 0.2) is 5.82 Å². The molecule has 1 saturated heterocycles. The Morgan fingerprint density at radius 3 is 2.35 bits per heavy atom. The minimum atomic E-state index is -0.187. The Morgan fingerprint density at radius 2 is 1.74 bits per heavy atom. The summed E-state index contributed by atoms with van der Waals surface area (Å²) in [5.41, 5.74) is 3.84. The number of likely N-dealkylation sites (tertiary alicyclic amines) is 1. The first kappa shape index (κ1) is 31.3. The van der Waals surface area contributed by atoms with Crippen LogP contribution in [0.5, 0.6) is 5.75 Å². The number of ether oxygens (including phenoxy) is 1. The Morgan fingerprint density at radius 1 is 1.02 bits per heavy atom. The molecule has 9 nitrogen and oxygen atoms in total. The van der Waals surface area contributed by atoms with Crippen LogP contribution in [0, 0.1) is 18.3 Å². The Labute approximate surface area is 273 Å². The molecule has 0 atom stereocenters. The van der Waals surface area contributed by atoms with Crippen LogP contribution >= 0.6 is 0 Å². The number of benzene rings is 1. The predicted octanol–water partition coefficient (Wildman–Crippen LogP) is 5.96. The van der Waals surface area contributed by atoms with Gasteiger partial charge >= 0.3 is 0 Å². The molecule has 4 saturated carbocycles. The van der Waals surface area contributed by atoms with Crippen molar-refractivity contribution in [3.05, 3.63) is 59.8 Å². The summed E-state index contributed by atoms with van der Waals surface area (Å²) < 4.78 is 7.36. The number of aromatic nitrogens is 4. The Hall–Kier alpha value is -3.30. The monoisotopic (exact) mass is 626 g/mol. The van der Waals surface area contributed by atoms with E-state index in [1.165, 1.54) is 11.1 Å². The lowest BCUT2D eigenvalue weighted by molar-refractivity contribution is -0.125. The van der Waals surface area contributed by atoms with Crippen molar-refractivity contribution in [2.45, 2.75) is 108 Å². The van der Waals surface area contributed by atoms with Gasteiger partial charge in [-0.2, -0.15) is 5.10 Å². The predicted molar refractivity (Wildman–Crippen MR) is 178 cm³/mol. The van der Waals surface area contributed by atoms with Gasteiger partial charge in [-0.25, -0.2) is 14.6 Å². The third-order valence-corrected chi connectivity index (χ3v) is 11.9. The topological polar surface area (TPSA) is 96.6 Å². The van der Waals surface area contributed by atoms with Crippen molar-refractivity contribution in [2.75, 3.05) is 31.6 Å². The minimum absolute atomic E-state index is 0.00299. The fourth-order valence-corrected chi connectivity index (χ4v) is 8.81. The van der Waals surface area contributed by atoms with E-state index in [1.807, 2.05) is 18.3 Å². The zero-order valence-electron chi connectivity index (χ0n) is 28.0. The van der Waals surface area contributed by atoms with Crippen LogP contribution < -0.4 is 9.64 Å². The molecule has 1 N–H and O–H groups in total. The molecule has 9 heteroatoms. The number of aliphatic hydroxyl groups is 1. The number of rotatable bonds is 9. The van der Waals surface area contributed by atoms with E-state index in [0.29, 0.717) is 12.6 Å². The normalized spacial score (nSPS) is 28.3. The second kappa shape index (κ2) is 12.4. The van der Waals surface area contributed by atoms with Crippen LogP contribution in [0.15, 0.2) is 42.9 Å². The highest BCUT2D eigenvalue weighted by atomic mass is 16.5. The van der Waals surface area contributed by atoms with Crippen LogP contribution in [0.2, 0.25) is 0 Å². The number of anilines is 1. The Bertz CT molecular complexity index is 1530. The van der Waals surface area contributed by atoms with Crippen molar-refractivity contribution in [1.29, 1.82) is 0 Å². The summed E-state index contributed by atoms with van der Waals surface area (Å²) in [6.45, 7) is 8.58. The van der Waals surface area contributed by atoms with Gasteiger partial charge in [-0.15, -0.1) is 0 Å². The second-order valence-electron chi connectivity index (χ2n) is 15.1. The number of hydrogen-bond acceptors (Lipinski definition) is 7. The van der Waals surface area contributed by atoms with Crippen molar-refractivity contribution in [3.63, 3.8) is 0 Å². The molecule has 0 unspecified atom stereocenters. The van der Waals surface area contributed by atoms with Crippen LogP contribution in [-0.4, -0.2) is 74.6 Å². The van der Waals surface area contributed by atoms with Gasteiger partial charge < -0.3 is 9.84 Å². The molecule has 46 heavy (non-hydrogen) atoms. The van der Waals surface area contributed by atoms with Crippen LogP contribution in [0.3, 0.4) is 0 Å². The zero-order chi connectivity index (χ0) is 32.1. The second-order valence-corrected chi connectivity index (χ2v) is 15.1. The maximum atomic E-state index is 14.6. The van der Waals surface area contributed by atoms with E-state index in [9.17, 15) is 9.90 Å². The first-order chi connectivity index (χ1) is 22.2. The average molecular weight is 627 g/mol. The highest BCUT2D eigenvalue weighted by molar-refractivity contribution is 5.94. The lowest BCUT2D eigenvalue weighted by Crippen LogP contribution is -2.56. The molecule has 4 aliphatic carbocycles. The molecule has 2 bridgehead atoms. The van der Waals surface area contributed by atoms with E-state index < -0.39 is 0 Å². The van der Waals surface area contributed by atoms with Gasteiger partial charge in [0.2, 0.25) is 5.91 Å². The van der Waals surface area contributed by atoms with Crippen LogP contribution in [0.1, 0.15) is 101 Å². The lowest BCUT2D eigenvalue weighted by atomic mass is 9.51. The van der Waals surface area contributed by atoms with Crippen molar-refractivity contribution >= 4 is 11.7 Å². The fraction of sp³-hybridized carbons (Fsp3) is 0.622. The maximum absolute atomic E-state index is 14.6. The maximum Gasteiger partial charge on any atom is 0.231 e. The number of aryl methyl sites for hydroxylation is 1. The van der Waals surface area contributed by atoms with Gasteiger partial charge in [0.05, 0.1) is 18.9 Å². The molecule has 3 aromatic rings. The van der Waals surface area contributed by atoms with Crippen molar-refractivity contribution < 1.29 is 14.6 Å². The van der Waals surface area contributed by atoms with E-state index in [2.05, 4.69) is 53.8 Å². The van der Waals surface area contributed by atoms with Gasteiger partial charge in [-0.05, 0) is 105 Å². The van der Waals surface area contributed by atoms with Gasteiger partial charge in [0, 0.05) is 49.8 Å². The number of fused-ring (bicyclic) bond motifs is 3. The van der Waals surface area contributed by atoms with E-state index in [4.69, 9.17) is 14.8 Å². The molecular formula is C37H50N6O3. The standard InChI is InChI=1S/C37H50N6O3/c1-25(2)34-39-24-43(40-34)30-11-18-38-33(20-30)42(35(45)27-5-8-29(9-6-27)41-21-31(44)22-41)23-36-12-15-37(16-13-36,17-14-36)28-7-10-32(46-4)26(3)19-28/h7,10-11,18-20,24-25,27,29,31,44H,5-6,8-9,12-17,21-23H2,1-4H3. The number of hydrogen-bond donors (Lipinski definition) is 1. The smallest absolute Gasteiger partial charge is 0.231 e. The molecule has 2 aromatic heterocycles. The van der Waals surface area contributed by atoms with Crippen molar-refractivity contribution in [1.82, 2.24) is 24.6 Å². The summed E-state index contributed by atoms with van der Waals surface area (Å²) in [7, 11) is 1.74. The van der Waals surface area contributed by atoms with E-state index >= 15 is 0 Å². The van der Waals surface area contributed by atoms with Crippen molar-refractivity contribution in [2.24, 2.45) is 11.3 Å². The van der Waals surface area contributed by atoms with E-state index in [1.54, 1.807) is 18.1 Å². The number of carbonyl (C=O) groups is 1. The van der Waals surface area contributed by atoms with Gasteiger partial charge in [0.1, 0.15) is 17.9 Å². The van der Waals surface area contributed by atoms with E-state index in [-0.39, 0.29) is 34.7 Å². The average Bonchev–Trinajstić information content (AvgIpc) is 3.58. The molecule has 0 spiro atoms. The summed E-state index contributed by atoms with van der Waals surface area (Å²) in [6.07, 6.45) is 14.0. The molecule has 1 amide bonds. The molecular weight excluding hydrogens is 576 g/mol. The number of nitrogens with zero attached hydrogens (tertiary/aromatic N) is 6. The van der Waals surface area contributed by atoms with Gasteiger partial charge in [-0.1, -0.05) is 26.0 Å².